The van der Waals surface area contributed by atoms with Crippen LogP contribution in [0.5, 0.6) is 0 Å². The molecular formula is C11H7FN2O3. The molecule has 0 spiro atoms. The zero-order chi connectivity index (χ0) is 12.4. The van der Waals surface area contributed by atoms with Gasteiger partial charge in [-0.25, -0.2) is 13.9 Å². The van der Waals surface area contributed by atoms with Crippen LogP contribution in [0.2, 0.25) is 0 Å². The lowest BCUT2D eigenvalue weighted by Gasteiger charge is -1.99. The summed E-state index contributed by atoms with van der Waals surface area (Å²) < 4.78 is 13.9. The molecule has 17 heavy (non-hydrogen) atoms. The Kier molecular flexibility index (Phi) is 2.70. The van der Waals surface area contributed by atoms with Crippen molar-refractivity contribution < 1.29 is 19.1 Å². The van der Waals surface area contributed by atoms with Crippen LogP contribution in [-0.4, -0.2) is 27.1 Å². The molecule has 1 aromatic carbocycles. The summed E-state index contributed by atoms with van der Waals surface area (Å²) in [5, 5.41) is 12.6. The van der Waals surface area contributed by atoms with E-state index >= 15 is 0 Å². The third kappa shape index (κ3) is 2.05. The summed E-state index contributed by atoms with van der Waals surface area (Å²) in [5.41, 5.74) is 0.119. The molecule has 0 unspecified atom stereocenters. The number of halogens is 1. The van der Waals surface area contributed by atoms with Crippen LogP contribution in [0.3, 0.4) is 0 Å². The second-order valence-corrected chi connectivity index (χ2v) is 3.28. The monoisotopic (exact) mass is 234 g/mol. The van der Waals surface area contributed by atoms with Gasteiger partial charge in [-0.1, -0.05) is 0 Å². The van der Waals surface area contributed by atoms with E-state index in [-0.39, 0.29) is 11.3 Å². The van der Waals surface area contributed by atoms with Gasteiger partial charge in [0.1, 0.15) is 5.82 Å². The Hall–Kier alpha value is -2.50. The fourth-order valence-electron chi connectivity index (χ4n) is 1.37. The second kappa shape index (κ2) is 4.17. The summed E-state index contributed by atoms with van der Waals surface area (Å²) in [6, 6.07) is 5.31. The van der Waals surface area contributed by atoms with Crippen molar-refractivity contribution in [1.82, 2.24) is 9.78 Å². The van der Waals surface area contributed by atoms with Crippen molar-refractivity contribution in [1.29, 1.82) is 0 Å². The van der Waals surface area contributed by atoms with Gasteiger partial charge < -0.3 is 5.11 Å². The number of carbonyl (C=O) groups is 2. The van der Waals surface area contributed by atoms with E-state index < -0.39 is 11.8 Å². The normalized spacial score (nSPS) is 10.2. The Morgan fingerprint density at radius 3 is 2.47 bits per heavy atom. The number of nitrogens with zero attached hydrogens (tertiary/aromatic N) is 2. The van der Waals surface area contributed by atoms with Crippen LogP contribution in [-0.2, 0) is 0 Å². The number of hydrogen-bond acceptors (Lipinski definition) is 3. The quantitative estimate of drug-likeness (QED) is 0.817. The van der Waals surface area contributed by atoms with Crippen LogP contribution in [0.1, 0.15) is 20.8 Å². The van der Waals surface area contributed by atoms with Crippen LogP contribution >= 0.6 is 0 Å². The average Bonchev–Trinajstić information content (AvgIpc) is 2.74. The Labute approximate surface area is 95.1 Å². The molecule has 0 aliphatic carbocycles. The highest BCUT2D eigenvalue weighted by atomic mass is 19.1. The van der Waals surface area contributed by atoms with Crippen LogP contribution in [0.25, 0.3) is 5.69 Å². The van der Waals surface area contributed by atoms with E-state index in [0.717, 1.165) is 0 Å². The fourth-order valence-corrected chi connectivity index (χ4v) is 1.37. The molecule has 2 aromatic rings. The Bertz CT molecular complexity index is 575. The van der Waals surface area contributed by atoms with Gasteiger partial charge in [-0.15, -0.1) is 0 Å². The third-order valence-corrected chi connectivity index (χ3v) is 2.16. The van der Waals surface area contributed by atoms with E-state index in [2.05, 4.69) is 5.10 Å². The molecule has 0 amide bonds. The molecule has 1 heterocycles. The summed E-state index contributed by atoms with van der Waals surface area (Å²) in [6.07, 6.45) is 1.69. The highest BCUT2D eigenvalue weighted by molar-refractivity contribution is 5.95. The SMILES string of the molecule is O=Cc1cn(-c2ccc(F)cc2)nc1C(=O)O. The molecule has 0 aliphatic heterocycles. The highest BCUT2D eigenvalue weighted by Gasteiger charge is 2.15. The van der Waals surface area contributed by atoms with Gasteiger partial charge in [0.05, 0.1) is 11.3 Å². The van der Waals surface area contributed by atoms with Crippen LogP contribution < -0.4 is 0 Å². The molecule has 0 saturated carbocycles. The Morgan fingerprint density at radius 2 is 2.00 bits per heavy atom. The van der Waals surface area contributed by atoms with Crippen LogP contribution in [0, 0.1) is 5.82 Å². The summed E-state index contributed by atoms with van der Waals surface area (Å²) in [4.78, 5) is 21.4. The first-order valence-corrected chi connectivity index (χ1v) is 4.66. The summed E-state index contributed by atoms with van der Waals surface area (Å²) in [7, 11) is 0. The first kappa shape index (κ1) is 11.0. The number of hydrogen-bond donors (Lipinski definition) is 1. The molecule has 86 valence electrons. The van der Waals surface area contributed by atoms with Gasteiger partial charge in [0, 0.05) is 6.20 Å². The van der Waals surface area contributed by atoms with Gasteiger partial charge in [-0.3, -0.25) is 4.79 Å². The van der Waals surface area contributed by atoms with Gasteiger partial charge in [0.25, 0.3) is 0 Å². The lowest BCUT2D eigenvalue weighted by molar-refractivity contribution is 0.0687. The smallest absolute Gasteiger partial charge is 0.357 e. The first-order valence-electron chi connectivity index (χ1n) is 4.66. The van der Waals surface area contributed by atoms with Crippen molar-refractivity contribution in [3.63, 3.8) is 0 Å². The van der Waals surface area contributed by atoms with Crippen molar-refractivity contribution in [2.75, 3.05) is 0 Å². The molecule has 2 rings (SSSR count). The molecule has 5 nitrogen and oxygen atoms in total. The fraction of sp³-hybridized carbons (Fsp3) is 0. The van der Waals surface area contributed by atoms with Crippen molar-refractivity contribution >= 4 is 12.3 Å². The minimum absolute atomic E-state index is 0.0261. The van der Waals surface area contributed by atoms with Gasteiger partial charge in [-0.05, 0) is 24.3 Å². The number of benzene rings is 1. The van der Waals surface area contributed by atoms with E-state index in [4.69, 9.17) is 5.11 Å². The number of carboxylic acids is 1. The molecule has 0 atom stereocenters. The van der Waals surface area contributed by atoms with E-state index in [1.54, 1.807) is 0 Å². The van der Waals surface area contributed by atoms with Crippen molar-refractivity contribution in [2.45, 2.75) is 0 Å². The zero-order valence-electron chi connectivity index (χ0n) is 8.50. The molecule has 0 fully saturated rings. The van der Waals surface area contributed by atoms with Crippen molar-refractivity contribution in [3.05, 3.63) is 47.5 Å². The standard InChI is InChI=1S/C11H7FN2O3/c12-8-1-3-9(4-2-8)14-5-7(6-15)10(13-14)11(16)17/h1-6H,(H,16,17). The van der Waals surface area contributed by atoms with Crippen LogP contribution in [0.15, 0.2) is 30.5 Å². The van der Waals surface area contributed by atoms with E-state index in [0.29, 0.717) is 12.0 Å². The first-order chi connectivity index (χ1) is 8.11. The number of rotatable bonds is 3. The second-order valence-electron chi connectivity index (χ2n) is 3.28. The zero-order valence-corrected chi connectivity index (χ0v) is 8.50. The number of aromatic nitrogens is 2. The lowest BCUT2D eigenvalue weighted by atomic mass is 10.3. The topological polar surface area (TPSA) is 72.2 Å². The number of carbonyl (C=O) groups excluding carboxylic acids is 1. The largest absolute Gasteiger partial charge is 0.476 e. The summed E-state index contributed by atoms with van der Waals surface area (Å²) in [6.45, 7) is 0. The molecule has 1 N–H and O–H groups in total. The minimum atomic E-state index is -1.28. The summed E-state index contributed by atoms with van der Waals surface area (Å²) in [5.74, 6) is -1.69. The number of aromatic carboxylic acids is 1. The molecule has 6 heteroatoms. The number of carboxylic acid groups (broad SMARTS) is 1. The molecular weight excluding hydrogens is 227 g/mol. The maximum Gasteiger partial charge on any atom is 0.357 e. The van der Waals surface area contributed by atoms with Crippen molar-refractivity contribution in [3.8, 4) is 5.69 Å². The molecule has 0 aliphatic rings. The van der Waals surface area contributed by atoms with Gasteiger partial charge >= 0.3 is 5.97 Å². The Balaban J connectivity index is 2.50. The predicted octanol–water partition coefficient (Wildman–Crippen LogP) is 1.52. The van der Waals surface area contributed by atoms with Crippen LogP contribution in [0.4, 0.5) is 4.39 Å². The van der Waals surface area contributed by atoms with Gasteiger partial charge in [0.15, 0.2) is 12.0 Å². The van der Waals surface area contributed by atoms with Crippen molar-refractivity contribution in [2.24, 2.45) is 0 Å². The van der Waals surface area contributed by atoms with E-state index in [9.17, 15) is 14.0 Å². The summed E-state index contributed by atoms with van der Waals surface area (Å²) >= 11 is 0. The van der Waals surface area contributed by atoms with Gasteiger partial charge in [0.2, 0.25) is 0 Å². The van der Waals surface area contributed by atoms with E-state index in [1.165, 1.54) is 35.1 Å². The van der Waals surface area contributed by atoms with Gasteiger partial charge in [-0.2, -0.15) is 5.10 Å². The van der Waals surface area contributed by atoms with E-state index in [1.807, 2.05) is 0 Å². The average molecular weight is 234 g/mol. The Morgan fingerprint density at radius 1 is 1.35 bits per heavy atom. The highest BCUT2D eigenvalue weighted by Crippen LogP contribution is 2.12. The lowest BCUT2D eigenvalue weighted by Crippen LogP contribution is -2.02. The number of aldehydes is 1. The molecule has 0 saturated heterocycles. The maximum absolute atomic E-state index is 12.7. The molecule has 0 bridgehead atoms. The predicted molar refractivity (Wildman–Crippen MR) is 55.9 cm³/mol. The third-order valence-electron chi connectivity index (χ3n) is 2.16. The minimum Gasteiger partial charge on any atom is -0.476 e. The maximum atomic E-state index is 12.7. The molecule has 1 aromatic heterocycles. The molecule has 0 radical (unpaired) electrons.